The minimum absolute atomic E-state index is 0.0451. The van der Waals surface area contributed by atoms with E-state index in [-0.39, 0.29) is 29.5 Å². The summed E-state index contributed by atoms with van der Waals surface area (Å²) in [6, 6.07) is 11.9. The summed E-state index contributed by atoms with van der Waals surface area (Å²) in [5.41, 5.74) is 0.667. The summed E-state index contributed by atoms with van der Waals surface area (Å²) < 4.78 is 26.1. The highest BCUT2D eigenvalue weighted by atomic mass is 32.1. The summed E-state index contributed by atoms with van der Waals surface area (Å²) in [4.78, 5) is 60.6. The second-order valence-corrected chi connectivity index (χ2v) is 12.2. The highest BCUT2D eigenvalue weighted by Crippen LogP contribution is 2.38. The fraction of sp³-hybridized carbons (Fsp3) is 0.303. The Morgan fingerprint density at radius 2 is 1.80 bits per heavy atom. The van der Waals surface area contributed by atoms with Crippen LogP contribution >= 0.6 is 11.3 Å². The first-order chi connectivity index (χ1) is 22.3. The van der Waals surface area contributed by atoms with Gasteiger partial charge in [0.25, 0.3) is 17.4 Å². The van der Waals surface area contributed by atoms with Gasteiger partial charge in [0.1, 0.15) is 22.9 Å². The van der Waals surface area contributed by atoms with Crippen molar-refractivity contribution in [3.63, 3.8) is 0 Å². The smallest absolute Gasteiger partial charge is 0.336 e. The highest BCUT2D eigenvalue weighted by Gasteiger charge is 2.34. The molecule has 236 valence electrons. The molecule has 0 N–H and O–H groups in total. The molecule has 5 heterocycles. The van der Waals surface area contributed by atoms with Crippen LogP contribution in [0.2, 0.25) is 0 Å². The van der Waals surface area contributed by atoms with Crippen LogP contribution in [0.1, 0.15) is 50.8 Å². The lowest BCUT2D eigenvalue weighted by atomic mass is 10.1. The summed E-state index contributed by atoms with van der Waals surface area (Å²) >= 11 is 1.24. The molecule has 7 rings (SSSR count). The van der Waals surface area contributed by atoms with Gasteiger partial charge in [-0.3, -0.25) is 23.9 Å². The zero-order valence-electron chi connectivity index (χ0n) is 25.3. The van der Waals surface area contributed by atoms with Gasteiger partial charge in [0.15, 0.2) is 0 Å². The van der Waals surface area contributed by atoms with Gasteiger partial charge in [-0.05, 0) is 49.6 Å². The first-order valence-electron chi connectivity index (χ1n) is 14.8. The molecule has 2 aliphatic rings. The highest BCUT2D eigenvalue weighted by molar-refractivity contribution is 7.22. The van der Waals surface area contributed by atoms with Crippen molar-refractivity contribution in [2.75, 3.05) is 27.4 Å². The van der Waals surface area contributed by atoms with Gasteiger partial charge in [-0.25, -0.2) is 14.3 Å². The van der Waals surface area contributed by atoms with Crippen molar-refractivity contribution in [2.45, 2.75) is 38.5 Å². The number of hydrogen-bond donors (Lipinski definition) is 0. The minimum atomic E-state index is -0.633. The van der Waals surface area contributed by atoms with Crippen LogP contribution in [0.4, 0.5) is 0 Å². The van der Waals surface area contributed by atoms with Crippen LogP contribution in [-0.2, 0) is 16.0 Å². The Morgan fingerprint density at radius 3 is 2.54 bits per heavy atom. The molecule has 46 heavy (non-hydrogen) atoms. The number of aryl methyl sites for hydroxylation is 1. The Hall–Kier alpha value is -4.85. The number of nitrogens with zero attached hydrogens (tertiary/aromatic N) is 4. The molecule has 0 spiro atoms. The van der Waals surface area contributed by atoms with Gasteiger partial charge in [0.05, 0.1) is 53.0 Å². The normalized spacial score (nSPS) is 15.9. The topological polar surface area (TPSA) is 135 Å². The number of imide groups is 1. The molecule has 12 nitrogen and oxygen atoms in total. The molecule has 1 unspecified atom stereocenters. The number of oxazole rings is 1. The van der Waals surface area contributed by atoms with Gasteiger partial charge in [0.2, 0.25) is 5.89 Å². The molecule has 13 heteroatoms. The van der Waals surface area contributed by atoms with Crippen molar-refractivity contribution in [1.29, 1.82) is 0 Å². The van der Waals surface area contributed by atoms with E-state index < -0.39 is 29.2 Å². The molecule has 1 atom stereocenters. The lowest BCUT2D eigenvalue weighted by Gasteiger charge is -2.29. The molecular weight excluding hydrogens is 612 g/mol. The number of para-hydroxylation sites is 1. The van der Waals surface area contributed by atoms with Crippen LogP contribution in [0, 0.1) is 6.92 Å². The van der Waals surface area contributed by atoms with Crippen molar-refractivity contribution >= 4 is 33.4 Å². The molecule has 2 aromatic carbocycles. The van der Waals surface area contributed by atoms with Crippen LogP contribution in [-0.4, -0.2) is 64.3 Å². The average molecular weight is 643 g/mol. The molecule has 0 radical (unpaired) electrons. The summed E-state index contributed by atoms with van der Waals surface area (Å²) in [5.74, 6) is -0.0183. The number of amides is 2. The molecule has 2 amide bonds. The van der Waals surface area contributed by atoms with Crippen molar-refractivity contribution in [2.24, 2.45) is 0 Å². The molecule has 0 aliphatic carbocycles. The third kappa shape index (κ3) is 4.87. The van der Waals surface area contributed by atoms with Gasteiger partial charge in [0, 0.05) is 25.8 Å². The molecule has 1 fully saturated rings. The maximum atomic E-state index is 14.6. The Kier molecular flexibility index (Phi) is 7.67. The third-order valence-electron chi connectivity index (χ3n) is 8.53. The number of rotatable bonds is 8. The number of carbonyl (C=O) groups excluding carboxylic acids is 2. The first kappa shape index (κ1) is 29.8. The second kappa shape index (κ2) is 11.8. The number of benzene rings is 2. The van der Waals surface area contributed by atoms with Crippen molar-refractivity contribution in [3.8, 4) is 22.2 Å². The second-order valence-electron chi connectivity index (χ2n) is 11.2. The summed E-state index contributed by atoms with van der Waals surface area (Å²) in [6.45, 7) is 2.96. The molecular formula is C33H30N4O8S. The van der Waals surface area contributed by atoms with E-state index in [1.165, 1.54) is 53.6 Å². The lowest BCUT2D eigenvalue weighted by molar-refractivity contribution is -0.0752. The number of methoxy groups -OCH3 is 1. The van der Waals surface area contributed by atoms with Crippen LogP contribution in [0.3, 0.4) is 0 Å². The zero-order valence-corrected chi connectivity index (χ0v) is 26.2. The molecule has 0 bridgehead atoms. The van der Waals surface area contributed by atoms with Gasteiger partial charge in [-0.1, -0.05) is 18.2 Å². The fourth-order valence-corrected chi connectivity index (χ4v) is 7.36. The monoisotopic (exact) mass is 642 g/mol. The largest absolute Gasteiger partial charge is 0.496 e. The Bertz CT molecular complexity index is 2110. The molecule has 0 saturated carbocycles. The van der Waals surface area contributed by atoms with E-state index in [0.717, 1.165) is 15.0 Å². The zero-order chi connectivity index (χ0) is 32.1. The number of hydrogen-bond acceptors (Lipinski definition) is 10. The quantitative estimate of drug-likeness (QED) is 0.227. The number of carbonyl (C=O) groups is 2. The Balaban J connectivity index is 1.46. The van der Waals surface area contributed by atoms with Crippen molar-refractivity contribution in [3.05, 3.63) is 98.0 Å². The van der Waals surface area contributed by atoms with Crippen molar-refractivity contribution < 1.29 is 28.2 Å². The molecule has 2 aliphatic heterocycles. The predicted octanol–water partition coefficient (Wildman–Crippen LogP) is 4.35. The summed E-state index contributed by atoms with van der Waals surface area (Å²) in [5, 5.41) is 0.308. The number of aromatic nitrogens is 3. The summed E-state index contributed by atoms with van der Waals surface area (Å²) in [6.07, 6.45) is 3.60. The van der Waals surface area contributed by atoms with E-state index in [9.17, 15) is 19.2 Å². The van der Waals surface area contributed by atoms with Crippen LogP contribution < -0.4 is 16.0 Å². The SMILES string of the molecule is COc1ccccc1C(Cn1c(=O)n(-c2ccc3c(c2)C(=O)N(C)C3=O)c(=O)c2c(C)c(-c3ncco3)sc21)OC1CCOCC1. The maximum Gasteiger partial charge on any atom is 0.336 e. The van der Waals surface area contributed by atoms with E-state index in [1.54, 1.807) is 14.0 Å². The maximum absolute atomic E-state index is 14.6. The van der Waals surface area contributed by atoms with Crippen LogP contribution in [0.5, 0.6) is 5.75 Å². The minimum Gasteiger partial charge on any atom is -0.496 e. The van der Waals surface area contributed by atoms with Gasteiger partial charge in [-0.2, -0.15) is 0 Å². The van der Waals surface area contributed by atoms with Crippen LogP contribution in [0.15, 0.2) is 68.9 Å². The molecule has 1 saturated heterocycles. The standard InChI is InChI=1S/C33H30N4O8S/c1-18-26-31(40)37(19-8-9-21-23(16-19)30(39)35(2)29(21)38)33(41)36(32(26)46-27(18)28-34-12-15-44-28)17-25(45-20-10-13-43-14-11-20)22-6-4-5-7-24(22)42-3/h4-9,12,15-16,20,25H,10-11,13-14,17H2,1-3H3. The van der Waals surface area contributed by atoms with Gasteiger partial charge in [-0.15, -0.1) is 11.3 Å². The van der Waals surface area contributed by atoms with E-state index in [1.807, 2.05) is 24.3 Å². The Labute approximate surface area is 266 Å². The van der Waals surface area contributed by atoms with E-state index >= 15 is 0 Å². The van der Waals surface area contributed by atoms with E-state index in [4.69, 9.17) is 18.6 Å². The number of fused-ring (bicyclic) bond motifs is 2. The van der Waals surface area contributed by atoms with E-state index in [2.05, 4.69) is 4.98 Å². The summed E-state index contributed by atoms with van der Waals surface area (Å²) in [7, 11) is 2.97. The predicted molar refractivity (Wildman–Crippen MR) is 169 cm³/mol. The number of ether oxygens (including phenoxy) is 3. The fourth-order valence-electron chi connectivity index (χ4n) is 6.12. The average Bonchev–Trinajstić information content (AvgIpc) is 3.78. The first-order valence-corrected chi connectivity index (χ1v) is 15.6. The molecule has 5 aromatic rings. The number of thiophene rings is 1. The van der Waals surface area contributed by atoms with Gasteiger partial charge >= 0.3 is 5.69 Å². The Morgan fingerprint density at radius 1 is 1.04 bits per heavy atom. The van der Waals surface area contributed by atoms with Crippen LogP contribution in [0.25, 0.3) is 26.7 Å². The third-order valence-corrected chi connectivity index (χ3v) is 9.83. The van der Waals surface area contributed by atoms with E-state index in [0.29, 0.717) is 58.4 Å². The van der Waals surface area contributed by atoms with Gasteiger partial charge < -0.3 is 18.6 Å². The molecule has 3 aromatic heterocycles. The lowest BCUT2D eigenvalue weighted by Crippen LogP contribution is -2.40. The van der Waals surface area contributed by atoms with Crippen molar-refractivity contribution in [1.82, 2.24) is 19.0 Å².